The lowest BCUT2D eigenvalue weighted by Crippen LogP contribution is -2.34. The molecule has 7 heteroatoms. The number of thiazole rings is 1. The van der Waals surface area contributed by atoms with Crippen LogP contribution in [0.3, 0.4) is 0 Å². The first kappa shape index (κ1) is 20.0. The highest BCUT2D eigenvalue weighted by molar-refractivity contribution is 7.17. The second kappa shape index (κ2) is 8.32. The molecule has 2 aromatic carbocycles. The molecule has 0 saturated carbocycles. The van der Waals surface area contributed by atoms with Crippen LogP contribution in [0.1, 0.15) is 47.3 Å². The fourth-order valence-electron chi connectivity index (χ4n) is 4.30. The fraction of sp³-hybridized carbons (Fsp3) is 0.333. The molecule has 3 heterocycles. The summed E-state index contributed by atoms with van der Waals surface area (Å²) in [5, 5.41) is 15.6. The van der Waals surface area contributed by atoms with Crippen molar-refractivity contribution in [3.05, 3.63) is 75.9 Å². The average molecular weight is 435 g/mol. The van der Waals surface area contributed by atoms with Gasteiger partial charge in [-0.05, 0) is 42.2 Å². The third-order valence-electron chi connectivity index (χ3n) is 5.84. The van der Waals surface area contributed by atoms with E-state index in [1.807, 2.05) is 26.0 Å². The number of ether oxygens (including phenoxy) is 1. The maximum absolute atomic E-state index is 11.1. The molecule has 1 atom stereocenters. The molecule has 31 heavy (non-hydrogen) atoms. The number of rotatable bonds is 6. The normalized spacial score (nSPS) is 15.2. The second-order valence-electron chi connectivity index (χ2n) is 7.76. The molecular weight excluding hydrogens is 408 g/mol. The molecule has 5 rings (SSSR count). The van der Waals surface area contributed by atoms with Gasteiger partial charge in [0.1, 0.15) is 5.75 Å². The van der Waals surface area contributed by atoms with Gasteiger partial charge in [-0.25, -0.2) is 4.98 Å². The van der Waals surface area contributed by atoms with E-state index in [-0.39, 0.29) is 11.9 Å². The van der Waals surface area contributed by atoms with Gasteiger partial charge in [0.15, 0.2) is 5.82 Å². The van der Waals surface area contributed by atoms with Crippen molar-refractivity contribution >= 4 is 16.3 Å². The minimum atomic E-state index is -0.0809. The topological polar surface area (TPSA) is 62.9 Å². The summed E-state index contributed by atoms with van der Waals surface area (Å²) in [4.78, 5) is 8.62. The van der Waals surface area contributed by atoms with Gasteiger partial charge in [0.05, 0.1) is 17.5 Å². The highest BCUT2D eigenvalue weighted by atomic mass is 32.1. The Bertz CT molecular complexity index is 1200. The van der Waals surface area contributed by atoms with Crippen molar-refractivity contribution in [1.82, 2.24) is 19.5 Å². The van der Waals surface area contributed by atoms with Crippen LogP contribution < -0.4 is 4.74 Å². The van der Waals surface area contributed by atoms with Crippen LogP contribution in [0.15, 0.2) is 48.5 Å². The molecule has 1 aliphatic rings. The lowest BCUT2D eigenvalue weighted by atomic mass is 9.95. The van der Waals surface area contributed by atoms with Crippen LogP contribution in [0.4, 0.5) is 0 Å². The number of nitrogens with zero attached hydrogens (tertiary/aromatic N) is 4. The maximum atomic E-state index is 11.1. The molecule has 4 aromatic rings. The third kappa shape index (κ3) is 3.68. The Balaban J connectivity index is 1.58. The molecule has 0 saturated heterocycles. The predicted molar refractivity (Wildman–Crippen MR) is 122 cm³/mol. The summed E-state index contributed by atoms with van der Waals surface area (Å²) in [5.41, 5.74) is 3.87. The molecule has 0 radical (unpaired) electrons. The lowest BCUT2D eigenvalue weighted by Gasteiger charge is -2.35. The van der Waals surface area contributed by atoms with Gasteiger partial charge < -0.3 is 9.84 Å². The zero-order chi connectivity index (χ0) is 21.4. The number of hydrogen-bond acceptors (Lipinski definition) is 6. The summed E-state index contributed by atoms with van der Waals surface area (Å²) in [6.45, 7) is 6.40. The summed E-state index contributed by atoms with van der Waals surface area (Å²) < 4.78 is 7.22. The first-order valence-corrected chi connectivity index (χ1v) is 11.6. The van der Waals surface area contributed by atoms with Gasteiger partial charge in [0, 0.05) is 19.5 Å². The van der Waals surface area contributed by atoms with Crippen molar-refractivity contribution in [2.45, 2.75) is 39.3 Å². The van der Waals surface area contributed by atoms with Gasteiger partial charge in [0.25, 0.3) is 0 Å². The standard InChI is InChI=1S/C24H26N4O2S/c1-3-20-25-24-28(26-20)23(29)22(31-24)21(17-9-11-19(12-10-17)30-4-2)27-14-13-16-7-5-6-8-18(16)15-27/h5-12,21,29H,3-4,13-15H2,1-2H3/t21-/m1/s1. The lowest BCUT2D eigenvalue weighted by molar-refractivity contribution is 0.205. The quantitative estimate of drug-likeness (QED) is 0.480. The summed E-state index contributed by atoms with van der Waals surface area (Å²) in [7, 11) is 0. The van der Waals surface area contributed by atoms with E-state index in [0.29, 0.717) is 6.61 Å². The van der Waals surface area contributed by atoms with Crippen molar-refractivity contribution in [1.29, 1.82) is 0 Å². The molecule has 0 bridgehead atoms. The summed E-state index contributed by atoms with van der Waals surface area (Å²) in [6, 6.07) is 16.8. The molecule has 0 spiro atoms. The van der Waals surface area contributed by atoms with E-state index in [0.717, 1.165) is 52.9 Å². The molecule has 0 fully saturated rings. The van der Waals surface area contributed by atoms with Crippen LogP contribution in [0, 0.1) is 0 Å². The molecule has 1 N–H and O–H groups in total. The Labute approximate surface area is 185 Å². The Morgan fingerprint density at radius 2 is 1.87 bits per heavy atom. The van der Waals surface area contributed by atoms with Gasteiger partial charge in [-0.2, -0.15) is 4.52 Å². The maximum Gasteiger partial charge on any atom is 0.230 e. The van der Waals surface area contributed by atoms with Crippen LogP contribution in [-0.4, -0.2) is 37.8 Å². The molecule has 6 nitrogen and oxygen atoms in total. The van der Waals surface area contributed by atoms with Crippen LogP contribution in [0.5, 0.6) is 11.6 Å². The molecular formula is C24H26N4O2S. The van der Waals surface area contributed by atoms with Crippen LogP contribution in [-0.2, 0) is 19.4 Å². The van der Waals surface area contributed by atoms with E-state index >= 15 is 0 Å². The highest BCUT2D eigenvalue weighted by Crippen LogP contribution is 2.42. The van der Waals surface area contributed by atoms with Gasteiger partial charge in [-0.1, -0.05) is 54.7 Å². The largest absolute Gasteiger partial charge is 0.494 e. The van der Waals surface area contributed by atoms with Crippen LogP contribution in [0.2, 0.25) is 0 Å². The van der Waals surface area contributed by atoms with Crippen molar-refractivity contribution in [2.75, 3.05) is 13.2 Å². The Kier molecular flexibility index (Phi) is 5.38. The monoisotopic (exact) mass is 434 g/mol. The van der Waals surface area contributed by atoms with E-state index in [4.69, 9.17) is 4.74 Å². The smallest absolute Gasteiger partial charge is 0.230 e. The molecule has 1 aliphatic heterocycles. The number of hydrogen-bond donors (Lipinski definition) is 1. The average Bonchev–Trinajstić information content (AvgIpc) is 3.34. The van der Waals surface area contributed by atoms with Crippen LogP contribution in [0.25, 0.3) is 4.96 Å². The predicted octanol–water partition coefficient (Wildman–Crippen LogP) is 4.61. The van der Waals surface area contributed by atoms with E-state index in [1.165, 1.54) is 22.5 Å². The molecule has 2 aromatic heterocycles. The van der Waals surface area contributed by atoms with Crippen LogP contribution >= 0.6 is 11.3 Å². The Morgan fingerprint density at radius 3 is 2.58 bits per heavy atom. The number of aryl methyl sites for hydroxylation is 1. The minimum Gasteiger partial charge on any atom is -0.494 e. The second-order valence-corrected chi connectivity index (χ2v) is 8.77. The van der Waals surface area contributed by atoms with E-state index in [2.05, 4.69) is 51.4 Å². The molecule has 160 valence electrons. The number of aromatic hydroxyl groups is 1. The third-order valence-corrected chi connectivity index (χ3v) is 6.91. The number of benzene rings is 2. The zero-order valence-corrected chi connectivity index (χ0v) is 18.6. The number of aromatic nitrogens is 3. The van der Waals surface area contributed by atoms with Gasteiger partial charge >= 0.3 is 0 Å². The Hall–Kier alpha value is -2.90. The number of fused-ring (bicyclic) bond motifs is 2. The highest BCUT2D eigenvalue weighted by Gasteiger charge is 2.31. The van der Waals surface area contributed by atoms with Crippen molar-refractivity contribution < 1.29 is 9.84 Å². The van der Waals surface area contributed by atoms with E-state index in [1.54, 1.807) is 4.52 Å². The van der Waals surface area contributed by atoms with Gasteiger partial charge in [-0.3, -0.25) is 4.90 Å². The molecule has 0 aliphatic carbocycles. The minimum absolute atomic E-state index is 0.0809. The van der Waals surface area contributed by atoms with E-state index < -0.39 is 0 Å². The van der Waals surface area contributed by atoms with Crippen molar-refractivity contribution in [3.63, 3.8) is 0 Å². The summed E-state index contributed by atoms with van der Waals surface area (Å²) in [6.07, 6.45) is 1.74. The first-order valence-electron chi connectivity index (χ1n) is 10.8. The van der Waals surface area contributed by atoms with Gasteiger partial charge in [-0.15, -0.1) is 5.10 Å². The summed E-state index contributed by atoms with van der Waals surface area (Å²) >= 11 is 1.52. The molecule has 0 unspecified atom stereocenters. The SMILES string of the molecule is CCOc1ccc([C@H](c2sc3nc(CC)nn3c2O)N2CCc3ccccc3C2)cc1. The van der Waals surface area contributed by atoms with Crippen molar-refractivity contribution in [3.8, 4) is 11.6 Å². The van der Waals surface area contributed by atoms with E-state index in [9.17, 15) is 5.11 Å². The van der Waals surface area contributed by atoms with Gasteiger partial charge in [0.2, 0.25) is 10.8 Å². The first-order chi connectivity index (χ1) is 15.2. The Morgan fingerprint density at radius 1 is 1.10 bits per heavy atom. The summed E-state index contributed by atoms with van der Waals surface area (Å²) in [5.74, 6) is 1.79. The zero-order valence-electron chi connectivity index (χ0n) is 17.8. The molecule has 0 amide bonds. The van der Waals surface area contributed by atoms with Crippen molar-refractivity contribution in [2.24, 2.45) is 0 Å². The fourth-order valence-corrected chi connectivity index (χ4v) is 5.43.